The van der Waals surface area contributed by atoms with Gasteiger partial charge in [-0.25, -0.2) is 9.97 Å². The topological polar surface area (TPSA) is 91.0 Å². The first-order valence-electron chi connectivity index (χ1n) is 11.8. The van der Waals surface area contributed by atoms with E-state index in [-0.39, 0.29) is 23.2 Å². The fraction of sp³-hybridized carbons (Fsp3) is 0.333. The third-order valence-electron chi connectivity index (χ3n) is 6.33. The SMILES string of the molecule is CC#Cc1cc(CN2CC=C(c3ccc(C(=O)NC4CC4)nc3F)CC2)cc2[nH]c(=O)c(C)nc12. The molecule has 2 aromatic heterocycles. The Labute approximate surface area is 202 Å². The molecule has 1 amide bonds. The maximum atomic E-state index is 14.7. The molecule has 1 saturated carbocycles. The van der Waals surface area contributed by atoms with Crippen molar-refractivity contribution in [1.82, 2.24) is 25.2 Å². The van der Waals surface area contributed by atoms with Crippen molar-refractivity contribution in [3.8, 4) is 11.8 Å². The van der Waals surface area contributed by atoms with Gasteiger partial charge < -0.3 is 10.3 Å². The summed E-state index contributed by atoms with van der Waals surface area (Å²) < 4.78 is 14.7. The second-order valence-electron chi connectivity index (χ2n) is 9.06. The number of pyridine rings is 1. The van der Waals surface area contributed by atoms with Crippen molar-refractivity contribution in [2.45, 2.75) is 45.7 Å². The first kappa shape index (κ1) is 22.9. The molecule has 8 heteroatoms. The number of hydrogen-bond donors (Lipinski definition) is 2. The number of nitrogens with one attached hydrogen (secondary N) is 2. The number of aromatic amines is 1. The van der Waals surface area contributed by atoms with Gasteiger partial charge in [0.1, 0.15) is 16.9 Å². The van der Waals surface area contributed by atoms with E-state index in [1.165, 1.54) is 0 Å². The molecule has 0 atom stereocenters. The zero-order valence-corrected chi connectivity index (χ0v) is 19.7. The van der Waals surface area contributed by atoms with Crippen LogP contribution in [0.1, 0.15) is 59.1 Å². The van der Waals surface area contributed by atoms with Crippen LogP contribution < -0.4 is 10.9 Å². The molecule has 35 heavy (non-hydrogen) atoms. The lowest BCUT2D eigenvalue weighted by Gasteiger charge is -2.26. The Kier molecular flexibility index (Phi) is 6.18. The second kappa shape index (κ2) is 9.43. The van der Waals surface area contributed by atoms with E-state index in [9.17, 15) is 14.0 Å². The van der Waals surface area contributed by atoms with Crippen LogP contribution in [0, 0.1) is 24.7 Å². The summed E-state index contributed by atoms with van der Waals surface area (Å²) in [5, 5.41) is 2.83. The van der Waals surface area contributed by atoms with E-state index in [4.69, 9.17) is 0 Å². The molecule has 7 nitrogen and oxygen atoms in total. The van der Waals surface area contributed by atoms with E-state index in [2.05, 4.69) is 37.0 Å². The summed E-state index contributed by atoms with van der Waals surface area (Å²) in [5.74, 6) is 5.08. The normalized spacial score (nSPS) is 15.9. The molecule has 178 valence electrons. The van der Waals surface area contributed by atoms with Crippen LogP contribution >= 0.6 is 0 Å². The van der Waals surface area contributed by atoms with E-state index in [1.54, 1.807) is 26.0 Å². The molecule has 2 aliphatic rings. The Bertz CT molecular complexity index is 1480. The zero-order valence-electron chi connectivity index (χ0n) is 19.7. The molecule has 0 unspecified atom stereocenters. The third-order valence-corrected chi connectivity index (χ3v) is 6.33. The summed E-state index contributed by atoms with van der Waals surface area (Å²) in [6, 6.07) is 7.39. The highest BCUT2D eigenvalue weighted by molar-refractivity contribution is 5.93. The molecule has 3 heterocycles. The Balaban J connectivity index is 1.32. The average Bonchev–Trinajstić information content (AvgIpc) is 3.65. The number of carbonyl (C=O) groups excluding carboxylic acids is 1. The zero-order chi connectivity index (χ0) is 24.5. The predicted molar refractivity (Wildman–Crippen MR) is 132 cm³/mol. The summed E-state index contributed by atoms with van der Waals surface area (Å²) in [4.78, 5) is 37.7. The largest absolute Gasteiger partial charge is 0.348 e. The van der Waals surface area contributed by atoms with Gasteiger partial charge in [-0.1, -0.05) is 12.0 Å². The van der Waals surface area contributed by atoms with Crippen molar-refractivity contribution in [3.05, 3.63) is 74.7 Å². The van der Waals surface area contributed by atoms with E-state index < -0.39 is 5.95 Å². The summed E-state index contributed by atoms with van der Waals surface area (Å²) in [7, 11) is 0. The highest BCUT2D eigenvalue weighted by Gasteiger charge is 2.25. The lowest BCUT2D eigenvalue weighted by Crippen LogP contribution is -2.28. The Morgan fingerprint density at radius 1 is 1.29 bits per heavy atom. The fourth-order valence-electron chi connectivity index (χ4n) is 4.31. The molecular formula is C27H26FN5O2. The van der Waals surface area contributed by atoms with E-state index in [1.807, 2.05) is 18.2 Å². The van der Waals surface area contributed by atoms with Crippen molar-refractivity contribution in [2.24, 2.45) is 0 Å². The number of H-pyrrole nitrogens is 1. The summed E-state index contributed by atoms with van der Waals surface area (Å²) in [5.41, 5.74) is 4.82. The molecular weight excluding hydrogens is 445 g/mol. The van der Waals surface area contributed by atoms with Gasteiger partial charge in [0.25, 0.3) is 11.5 Å². The first-order valence-corrected chi connectivity index (χ1v) is 11.8. The average molecular weight is 472 g/mol. The second-order valence-corrected chi connectivity index (χ2v) is 9.06. The molecule has 3 aromatic rings. The summed E-state index contributed by atoms with van der Waals surface area (Å²) >= 11 is 0. The maximum Gasteiger partial charge on any atom is 0.270 e. The van der Waals surface area contributed by atoms with Crippen molar-refractivity contribution < 1.29 is 9.18 Å². The number of halogens is 1. The number of nitrogens with zero attached hydrogens (tertiary/aromatic N) is 3. The van der Waals surface area contributed by atoms with Crippen LogP contribution in [0.4, 0.5) is 4.39 Å². The molecule has 1 aliphatic heterocycles. The minimum absolute atomic E-state index is 0.112. The quantitative estimate of drug-likeness (QED) is 0.440. The maximum absolute atomic E-state index is 14.7. The van der Waals surface area contributed by atoms with E-state index >= 15 is 0 Å². The Morgan fingerprint density at radius 3 is 2.80 bits per heavy atom. The van der Waals surface area contributed by atoms with Crippen molar-refractivity contribution in [1.29, 1.82) is 0 Å². The van der Waals surface area contributed by atoms with Gasteiger partial charge >= 0.3 is 0 Å². The van der Waals surface area contributed by atoms with Crippen molar-refractivity contribution in [2.75, 3.05) is 13.1 Å². The van der Waals surface area contributed by atoms with Gasteiger partial charge in [0.05, 0.1) is 11.1 Å². The summed E-state index contributed by atoms with van der Waals surface area (Å²) in [6.45, 7) is 5.50. The van der Waals surface area contributed by atoms with Crippen LogP contribution in [0.25, 0.3) is 16.6 Å². The van der Waals surface area contributed by atoms with Crippen molar-refractivity contribution in [3.63, 3.8) is 0 Å². The molecule has 2 N–H and O–H groups in total. The molecule has 5 rings (SSSR count). The highest BCUT2D eigenvalue weighted by Crippen LogP contribution is 2.26. The Morgan fingerprint density at radius 2 is 2.11 bits per heavy atom. The summed E-state index contributed by atoms with van der Waals surface area (Å²) in [6.07, 6.45) is 4.61. The molecule has 0 spiro atoms. The van der Waals surface area contributed by atoms with E-state index in [0.29, 0.717) is 41.8 Å². The van der Waals surface area contributed by atoms with Gasteiger partial charge in [-0.05, 0) is 68.5 Å². The first-order chi connectivity index (χ1) is 16.9. The lowest BCUT2D eigenvalue weighted by molar-refractivity contribution is 0.0945. The number of fused-ring (bicyclic) bond motifs is 1. The smallest absolute Gasteiger partial charge is 0.270 e. The monoisotopic (exact) mass is 471 g/mol. The van der Waals surface area contributed by atoms with Gasteiger partial charge in [-0.15, -0.1) is 5.92 Å². The number of amides is 1. The lowest BCUT2D eigenvalue weighted by atomic mass is 9.99. The Hall–Kier alpha value is -3.83. The number of hydrogen-bond acceptors (Lipinski definition) is 5. The fourth-order valence-corrected chi connectivity index (χ4v) is 4.31. The van der Waals surface area contributed by atoms with Gasteiger partial charge in [0, 0.05) is 31.2 Å². The molecule has 0 bridgehead atoms. The molecule has 0 radical (unpaired) electrons. The van der Waals surface area contributed by atoms with Crippen LogP contribution in [0.15, 0.2) is 35.1 Å². The molecule has 1 aliphatic carbocycles. The minimum Gasteiger partial charge on any atom is -0.348 e. The van der Waals surface area contributed by atoms with Crippen LogP contribution in [0.5, 0.6) is 0 Å². The van der Waals surface area contributed by atoms with Crippen LogP contribution in [-0.2, 0) is 6.54 Å². The molecule has 1 aromatic carbocycles. The predicted octanol–water partition coefficient (Wildman–Crippen LogP) is 3.32. The van der Waals surface area contributed by atoms with Gasteiger partial charge in [-0.3, -0.25) is 14.5 Å². The standard InChI is InChI=1S/C27H26FN5O2/c1-3-4-19-13-17(14-23-24(19)29-16(2)26(34)32-23)15-33-11-9-18(10-12-33)21-7-8-22(31-25(21)28)27(35)30-20-5-6-20/h7-9,13-14,20H,5-6,10-12,15H2,1-2H3,(H,30,35)(H,32,34). The van der Waals surface area contributed by atoms with Crippen molar-refractivity contribution >= 4 is 22.5 Å². The number of aryl methyl sites for hydroxylation is 1. The molecule has 0 saturated heterocycles. The number of carbonyl (C=O) groups is 1. The van der Waals surface area contributed by atoms with Gasteiger partial charge in [0.15, 0.2) is 0 Å². The van der Waals surface area contributed by atoms with Crippen LogP contribution in [0.2, 0.25) is 0 Å². The number of rotatable bonds is 5. The molecule has 1 fully saturated rings. The minimum atomic E-state index is -0.614. The highest BCUT2D eigenvalue weighted by atomic mass is 19.1. The van der Waals surface area contributed by atoms with Gasteiger partial charge in [0.2, 0.25) is 5.95 Å². The number of benzene rings is 1. The van der Waals surface area contributed by atoms with Gasteiger partial charge in [-0.2, -0.15) is 4.39 Å². The van der Waals surface area contributed by atoms with Crippen LogP contribution in [-0.4, -0.2) is 44.9 Å². The van der Waals surface area contributed by atoms with Crippen LogP contribution in [0.3, 0.4) is 0 Å². The number of aromatic nitrogens is 3. The van der Waals surface area contributed by atoms with E-state index in [0.717, 1.165) is 36.1 Å². The third kappa shape index (κ3) is 5.00.